The van der Waals surface area contributed by atoms with Crippen LogP contribution in [0.5, 0.6) is 11.6 Å². The highest BCUT2D eigenvalue weighted by Gasteiger charge is 2.34. The van der Waals surface area contributed by atoms with Crippen LogP contribution in [0.4, 0.5) is 5.95 Å². The molecule has 3 aromatic heterocycles. The number of methoxy groups -OCH3 is 1. The number of nitrogens with one attached hydrogen (secondary N) is 1. The minimum absolute atomic E-state index is 0.0668. The minimum Gasteiger partial charge on any atom is -0.485 e. The fraction of sp³-hybridized carbons (Fsp3) is 0.500. The molecule has 3 atom stereocenters. The van der Waals surface area contributed by atoms with Crippen LogP contribution in [0.2, 0.25) is 0 Å². The zero-order valence-corrected chi connectivity index (χ0v) is 21.1. The lowest BCUT2D eigenvalue weighted by atomic mass is 10.1. The molecule has 4 rings (SSSR count). The molecule has 0 saturated heterocycles. The third-order valence-electron chi connectivity index (χ3n) is 5.87. The number of ether oxygens (including phenoxy) is 3. The number of aryl methyl sites for hydroxylation is 1. The molecule has 1 aliphatic heterocycles. The van der Waals surface area contributed by atoms with Crippen molar-refractivity contribution in [3.05, 3.63) is 36.0 Å². The zero-order valence-electron chi connectivity index (χ0n) is 20.3. The summed E-state index contributed by atoms with van der Waals surface area (Å²) in [6.07, 6.45) is 4.92. The van der Waals surface area contributed by atoms with Crippen molar-refractivity contribution in [3.63, 3.8) is 0 Å². The van der Waals surface area contributed by atoms with Crippen LogP contribution in [0.25, 0.3) is 11.4 Å². The second-order valence-corrected chi connectivity index (χ2v) is 10.4. The van der Waals surface area contributed by atoms with E-state index in [2.05, 4.69) is 29.9 Å². The summed E-state index contributed by atoms with van der Waals surface area (Å²) in [6.45, 7) is 7.94. The van der Waals surface area contributed by atoms with Crippen LogP contribution in [0, 0.1) is 6.92 Å². The Kier molecular flexibility index (Phi) is 7.17. The summed E-state index contributed by atoms with van der Waals surface area (Å²) in [6, 6.07) is 1.32. The highest BCUT2D eigenvalue weighted by atomic mass is 32.2. The average molecular weight is 504 g/mol. The molecule has 4 heterocycles. The van der Waals surface area contributed by atoms with Gasteiger partial charge < -0.3 is 14.2 Å². The molecular weight excluding hydrogens is 474 g/mol. The van der Waals surface area contributed by atoms with Crippen molar-refractivity contribution in [2.45, 2.75) is 44.9 Å². The Morgan fingerprint density at radius 3 is 2.66 bits per heavy atom. The molecule has 0 fully saturated rings. The summed E-state index contributed by atoms with van der Waals surface area (Å²) in [4.78, 5) is 12.8. The molecule has 1 N–H and O–H groups in total. The van der Waals surface area contributed by atoms with Gasteiger partial charge in [0.2, 0.25) is 16.0 Å². The van der Waals surface area contributed by atoms with E-state index in [1.54, 1.807) is 50.2 Å². The first-order chi connectivity index (χ1) is 16.8. The summed E-state index contributed by atoms with van der Waals surface area (Å²) >= 11 is 0. The van der Waals surface area contributed by atoms with E-state index >= 15 is 0 Å². The summed E-state index contributed by atoms with van der Waals surface area (Å²) in [7, 11) is -2.33. The molecule has 0 amide bonds. The van der Waals surface area contributed by atoms with Gasteiger partial charge in [0, 0.05) is 31.6 Å². The zero-order chi connectivity index (χ0) is 25.2. The summed E-state index contributed by atoms with van der Waals surface area (Å²) in [5, 5.41) is 7.62. The Bertz CT molecular complexity index is 1280. The predicted molar refractivity (Wildman–Crippen MR) is 128 cm³/mol. The van der Waals surface area contributed by atoms with Gasteiger partial charge in [-0.3, -0.25) is 9.29 Å². The second-order valence-electron chi connectivity index (χ2n) is 8.32. The van der Waals surface area contributed by atoms with Gasteiger partial charge in [0.15, 0.2) is 11.6 Å². The lowest BCUT2D eigenvalue weighted by Crippen LogP contribution is -2.32. The van der Waals surface area contributed by atoms with Crippen LogP contribution in [-0.4, -0.2) is 70.3 Å². The Morgan fingerprint density at radius 2 is 1.97 bits per heavy atom. The number of sulfonamides is 1. The molecule has 0 radical (unpaired) electrons. The molecule has 0 saturated carbocycles. The van der Waals surface area contributed by atoms with Gasteiger partial charge in [0.05, 0.1) is 30.1 Å². The van der Waals surface area contributed by atoms with E-state index in [0.29, 0.717) is 35.4 Å². The molecule has 0 aliphatic carbocycles. The third-order valence-corrected chi connectivity index (χ3v) is 7.72. The Morgan fingerprint density at radius 1 is 1.23 bits per heavy atom. The standard InChI is InChI=1S/C22H29N7O5S/c1-6-33-21-18-17(7-8-23-21)20-26-27-22(29(20)16(11-32-5)12-34-18)28-35(30,31)15(4)14(3)19-24-9-13(2)10-25-19/h7-10,14-16H,6,11-12H2,1-5H3,(H,27,28)/t14?,15?,16-/m1/s1. The number of hydrogen-bond acceptors (Lipinski definition) is 10. The van der Waals surface area contributed by atoms with Gasteiger partial charge in [0.1, 0.15) is 12.4 Å². The van der Waals surface area contributed by atoms with Gasteiger partial charge in [-0.1, -0.05) is 6.92 Å². The van der Waals surface area contributed by atoms with Crippen molar-refractivity contribution in [2.75, 3.05) is 31.7 Å². The number of pyridine rings is 1. The summed E-state index contributed by atoms with van der Waals surface area (Å²) < 4.78 is 48.1. The van der Waals surface area contributed by atoms with E-state index in [1.807, 2.05) is 13.8 Å². The normalized spacial score (nSPS) is 16.9. The van der Waals surface area contributed by atoms with Crippen molar-refractivity contribution in [2.24, 2.45) is 0 Å². The molecular formula is C22H29N7O5S. The maximum absolute atomic E-state index is 13.4. The number of hydrogen-bond donors (Lipinski definition) is 1. The maximum atomic E-state index is 13.4. The first-order valence-electron chi connectivity index (χ1n) is 11.3. The molecule has 0 bridgehead atoms. The van der Waals surface area contributed by atoms with Gasteiger partial charge in [-0.05, 0) is 32.4 Å². The first-order valence-corrected chi connectivity index (χ1v) is 12.8. The fourth-order valence-corrected chi connectivity index (χ4v) is 5.02. The molecule has 2 unspecified atom stereocenters. The lowest BCUT2D eigenvalue weighted by Gasteiger charge is -2.22. The third kappa shape index (κ3) is 4.91. The minimum atomic E-state index is -3.89. The SMILES string of the molecule is CCOc1nccc2c1OC[C@@H](COC)n1c(NS(=O)(=O)C(C)C(C)c3ncc(C)cn3)nnc1-2. The Labute approximate surface area is 204 Å². The van der Waals surface area contributed by atoms with Gasteiger partial charge in [0.25, 0.3) is 5.88 Å². The van der Waals surface area contributed by atoms with Gasteiger partial charge in [-0.25, -0.2) is 23.4 Å². The highest BCUT2D eigenvalue weighted by Crippen LogP contribution is 2.40. The molecule has 12 nitrogen and oxygen atoms in total. The lowest BCUT2D eigenvalue weighted by molar-refractivity contribution is 0.124. The maximum Gasteiger partial charge on any atom is 0.257 e. The Balaban J connectivity index is 1.70. The van der Waals surface area contributed by atoms with E-state index in [4.69, 9.17) is 14.2 Å². The first kappa shape index (κ1) is 24.8. The molecule has 188 valence electrons. The largest absolute Gasteiger partial charge is 0.485 e. The van der Waals surface area contributed by atoms with Crippen LogP contribution >= 0.6 is 0 Å². The van der Waals surface area contributed by atoms with Crippen LogP contribution in [0.3, 0.4) is 0 Å². The van der Waals surface area contributed by atoms with Crippen molar-refractivity contribution >= 4 is 16.0 Å². The van der Waals surface area contributed by atoms with Gasteiger partial charge in [-0.2, -0.15) is 0 Å². The van der Waals surface area contributed by atoms with Crippen LogP contribution in [-0.2, 0) is 14.8 Å². The Hall–Kier alpha value is -3.32. The van der Waals surface area contributed by atoms with Gasteiger partial charge >= 0.3 is 0 Å². The van der Waals surface area contributed by atoms with Crippen molar-refractivity contribution in [1.29, 1.82) is 0 Å². The monoisotopic (exact) mass is 503 g/mol. The number of anilines is 1. The molecule has 0 aromatic carbocycles. The number of nitrogens with zero attached hydrogens (tertiary/aromatic N) is 6. The molecule has 0 spiro atoms. The van der Waals surface area contributed by atoms with Crippen LogP contribution in [0.15, 0.2) is 24.7 Å². The quantitative estimate of drug-likeness (QED) is 0.462. The van der Waals surface area contributed by atoms with Crippen molar-refractivity contribution in [3.8, 4) is 23.0 Å². The predicted octanol–water partition coefficient (Wildman–Crippen LogP) is 2.35. The summed E-state index contributed by atoms with van der Waals surface area (Å²) in [5.41, 5.74) is 1.49. The van der Waals surface area contributed by atoms with E-state index in [1.165, 1.54) is 0 Å². The topological polar surface area (TPSA) is 143 Å². The number of rotatable bonds is 9. The number of aromatic nitrogens is 6. The number of fused-ring (bicyclic) bond motifs is 3. The van der Waals surface area contributed by atoms with Crippen molar-refractivity contribution < 1.29 is 22.6 Å². The smallest absolute Gasteiger partial charge is 0.257 e. The van der Waals surface area contributed by atoms with E-state index in [0.717, 1.165) is 5.56 Å². The van der Waals surface area contributed by atoms with E-state index in [-0.39, 0.29) is 19.2 Å². The molecule has 3 aromatic rings. The van der Waals surface area contributed by atoms with E-state index < -0.39 is 27.2 Å². The van der Waals surface area contributed by atoms with Crippen LogP contribution < -0.4 is 14.2 Å². The van der Waals surface area contributed by atoms with Crippen molar-refractivity contribution in [1.82, 2.24) is 29.7 Å². The molecule has 1 aliphatic rings. The summed E-state index contributed by atoms with van der Waals surface area (Å²) in [5.74, 6) is 1.23. The molecule has 13 heteroatoms. The second kappa shape index (κ2) is 10.1. The molecule has 35 heavy (non-hydrogen) atoms. The highest BCUT2D eigenvalue weighted by molar-refractivity contribution is 7.93. The van der Waals surface area contributed by atoms with Gasteiger partial charge in [-0.15, -0.1) is 10.2 Å². The van der Waals surface area contributed by atoms with Crippen LogP contribution in [0.1, 0.15) is 44.1 Å². The fourth-order valence-electron chi connectivity index (χ4n) is 3.78. The van der Waals surface area contributed by atoms with E-state index in [9.17, 15) is 8.42 Å². The average Bonchev–Trinajstić information content (AvgIpc) is 3.16.